The van der Waals surface area contributed by atoms with Crippen LogP contribution in [-0.4, -0.2) is 35.9 Å². The Morgan fingerprint density at radius 1 is 0.977 bits per heavy atom. The lowest BCUT2D eigenvalue weighted by molar-refractivity contribution is 0.0519. The molecule has 3 aromatic carbocycles. The lowest BCUT2D eigenvalue weighted by Crippen LogP contribution is -2.35. The number of rotatable bonds is 9. The van der Waals surface area contributed by atoms with Gasteiger partial charge in [0.15, 0.2) is 12.5 Å². The highest BCUT2D eigenvalue weighted by Crippen LogP contribution is 2.39. The van der Waals surface area contributed by atoms with Crippen LogP contribution in [0.2, 0.25) is 0 Å². The van der Waals surface area contributed by atoms with Crippen LogP contribution in [0.1, 0.15) is 17.3 Å². The molecular weight excluding hydrogens is 602 g/mol. The first-order valence-electron chi connectivity index (χ1n) is 13.0. The quantitative estimate of drug-likeness (QED) is 0.125. The minimum atomic E-state index is -5.16. The Kier molecular flexibility index (Phi) is 8.36. The second-order valence-electron chi connectivity index (χ2n) is 9.33. The number of aryl methyl sites for hydroxylation is 1. The molecule has 0 unspecified atom stereocenters. The second kappa shape index (κ2) is 12.2. The summed E-state index contributed by atoms with van der Waals surface area (Å²) in [5.41, 5.74) is 4.76. The maximum absolute atomic E-state index is 16.5. The molecule has 0 radical (unpaired) electrons. The normalized spacial score (nSPS) is 11.4. The number of hydrogen-bond acceptors (Lipinski definition) is 7. The second-order valence-corrected chi connectivity index (χ2v) is 11.2. The highest BCUT2D eigenvalue weighted by atomic mass is 32.2. The summed E-state index contributed by atoms with van der Waals surface area (Å²) in [6, 6.07) is 13.7. The maximum atomic E-state index is 16.5. The van der Waals surface area contributed by atoms with E-state index in [0.717, 1.165) is 12.1 Å². The van der Waals surface area contributed by atoms with Crippen LogP contribution in [0.4, 0.5) is 29.1 Å². The molecule has 0 atom stereocenters. The number of ether oxygens (including phenoxy) is 1. The fourth-order valence-corrected chi connectivity index (χ4v) is 5.79. The number of pyridine rings is 1. The third-order valence-corrected chi connectivity index (χ3v) is 8.29. The van der Waals surface area contributed by atoms with Crippen molar-refractivity contribution in [2.75, 3.05) is 16.8 Å². The number of carbonyl (C=O) groups excluding carboxylic acids is 1. The van der Waals surface area contributed by atoms with Crippen LogP contribution in [0.3, 0.4) is 0 Å². The van der Waals surface area contributed by atoms with E-state index >= 15 is 8.78 Å². The predicted molar refractivity (Wildman–Crippen MR) is 154 cm³/mol. The van der Waals surface area contributed by atoms with Gasteiger partial charge in [-0.05, 0) is 67.1 Å². The standard InChI is InChI=1S/C30H23F4N5O4S/c1-2-38-16-21(19-12-13-36-26(35)14-19)29(37-38)27-23(33)10-11-24(28(27)34)39(17-43-30(40)18-6-4-3-5-7-18)44(41,42)25-15-20(31)8-9-22(25)32/h3-16H,2,17H2,1H3,(H2,35,36). The van der Waals surface area contributed by atoms with Crippen molar-refractivity contribution in [3.05, 3.63) is 114 Å². The Hall–Kier alpha value is -5.24. The zero-order chi connectivity index (χ0) is 31.6. The van der Waals surface area contributed by atoms with Crippen molar-refractivity contribution in [2.24, 2.45) is 0 Å². The zero-order valence-electron chi connectivity index (χ0n) is 22.9. The van der Waals surface area contributed by atoms with Crippen LogP contribution in [-0.2, 0) is 21.3 Å². The molecular formula is C30H23F4N5O4S. The van der Waals surface area contributed by atoms with Crippen LogP contribution in [0.25, 0.3) is 22.4 Å². The smallest absolute Gasteiger partial charge is 0.339 e. The van der Waals surface area contributed by atoms with E-state index in [2.05, 4.69) is 10.1 Å². The van der Waals surface area contributed by atoms with Crippen molar-refractivity contribution in [1.82, 2.24) is 14.8 Å². The molecule has 2 aromatic heterocycles. The summed E-state index contributed by atoms with van der Waals surface area (Å²) in [5, 5.41) is 4.30. The van der Waals surface area contributed by atoms with Gasteiger partial charge in [0.25, 0.3) is 10.0 Å². The molecule has 44 heavy (non-hydrogen) atoms. The number of halogens is 4. The van der Waals surface area contributed by atoms with E-state index < -0.39 is 62.1 Å². The zero-order valence-corrected chi connectivity index (χ0v) is 23.7. The van der Waals surface area contributed by atoms with Crippen molar-refractivity contribution in [3.8, 4) is 22.4 Å². The van der Waals surface area contributed by atoms with Crippen LogP contribution in [0, 0.1) is 23.3 Å². The molecule has 0 saturated heterocycles. The van der Waals surface area contributed by atoms with Crippen molar-refractivity contribution in [2.45, 2.75) is 18.4 Å². The van der Waals surface area contributed by atoms with Gasteiger partial charge in [-0.3, -0.25) is 4.68 Å². The molecule has 2 N–H and O–H groups in total. The Morgan fingerprint density at radius 2 is 1.70 bits per heavy atom. The van der Waals surface area contributed by atoms with E-state index in [1.807, 2.05) is 0 Å². The number of anilines is 2. The van der Waals surface area contributed by atoms with Gasteiger partial charge in [0.1, 0.15) is 33.9 Å². The number of nitrogens with two attached hydrogens (primary N) is 1. The summed E-state index contributed by atoms with van der Waals surface area (Å²) >= 11 is 0. The first-order chi connectivity index (χ1) is 21.0. The van der Waals surface area contributed by atoms with Gasteiger partial charge in [0.2, 0.25) is 0 Å². The predicted octanol–water partition coefficient (Wildman–Crippen LogP) is 5.78. The Bertz CT molecular complexity index is 1970. The summed E-state index contributed by atoms with van der Waals surface area (Å²) in [5.74, 6) is -5.85. The summed E-state index contributed by atoms with van der Waals surface area (Å²) in [6.45, 7) is 0.879. The third kappa shape index (κ3) is 5.83. The third-order valence-electron chi connectivity index (χ3n) is 6.54. The van der Waals surface area contributed by atoms with Gasteiger partial charge < -0.3 is 10.5 Å². The lowest BCUT2D eigenvalue weighted by atomic mass is 10.0. The number of nitrogen functional groups attached to an aromatic ring is 1. The average molecular weight is 626 g/mol. The SMILES string of the molecule is CCn1cc(-c2ccnc(N)c2)c(-c2c(F)ccc(N(COC(=O)c3ccccc3)S(=O)(=O)c3cc(F)ccc3F)c2F)n1. The van der Waals surface area contributed by atoms with E-state index in [0.29, 0.717) is 30.3 Å². The van der Waals surface area contributed by atoms with Crippen molar-refractivity contribution >= 4 is 27.5 Å². The highest BCUT2D eigenvalue weighted by Gasteiger charge is 2.34. The monoisotopic (exact) mass is 625 g/mol. The summed E-state index contributed by atoms with van der Waals surface area (Å²) in [6.07, 6.45) is 2.91. The molecule has 0 fully saturated rings. The minimum Gasteiger partial charge on any atom is -0.440 e. The number of esters is 1. The number of nitrogens with zero attached hydrogens (tertiary/aromatic N) is 4. The van der Waals surface area contributed by atoms with Crippen LogP contribution >= 0.6 is 0 Å². The molecule has 0 aliphatic carbocycles. The molecule has 0 aliphatic rings. The summed E-state index contributed by atoms with van der Waals surface area (Å²) in [4.78, 5) is 15.5. The summed E-state index contributed by atoms with van der Waals surface area (Å²) < 4.78 is 95.1. The molecule has 0 amide bonds. The first-order valence-corrected chi connectivity index (χ1v) is 14.4. The van der Waals surface area contributed by atoms with Gasteiger partial charge >= 0.3 is 5.97 Å². The molecule has 0 saturated carbocycles. The van der Waals surface area contributed by atoms with Gasteiger partial charge in [-0.2, -0.15) is 5.10 Å². The van der Waals surface area contributed by atoms with E-state index in [4.69, 9.17) is 10.5 Å². The molecule has 5 rings (SSSR count). The maximum Gasteiger partial charge on any atom is 0.339 e. The lowest BCUT2D eigenvalue weighted by Gasteiger charge is -2.25. The number of benzene rings is 3. The van der Waals surface area contributed by atoms with Gasteiger partial charge in [-0.1, -0.05) is 18.2 Å². The summed E-state index contributed by atoms with van der Waals surface area (Å²) in [7, 11) is -5.16. The minimum absolute atomic E-state index is 0.0356. The van der Waals surface area contributed by atoms with Crippen molar-refractivity contribution in [3.63, 3.8) is 0 Å². The molecule has 5 aromatic rings. The molecule has 0 spiro atoms. The topological polar surface area (TPSA) is 120 Å². The van der Waals surface area contributed by atoms with E-state index in [1.54, 1.807) is 19.1 Å². The number of sulfonamides is 1. The molecule has 2 heterocycles. The van der Waals surface area contributed by atoms with Crippen molar-refractivity contribution in [1.29, 1.82) is 0 Å². The van der Waals surface area contributed by atoms with Gasteiger partial charge in [-0.15, -0.1) is 0 Å². The number of aromatic nitrogens is 3. The van der Waals surface area contributed by atoms with Crippen LogP contribution < -0.4 is 10.0 Å². The van der Waals surface area contributed by atoms with E-state index in [1.165, 1.54) is 47.4 Å². The van der Waals surface area contributed by atoms with Gasteiger partial charge in [0.05, 0.1) is 16.8 Å². The molecule has 226 valence electrons. The Balaban J connectivity index is 1.68. The fourth-order valence-electron chi connectivity index (χ4n) is 4.38. The molecule has 9 nitrogen and oxygen atoms in total. The molecule has 0 aliphatic heterocycles. The Morgan fingerprint density at radius 3 is 2.41 bits per heavy atom. The Labute approximate surface area is 249 Å². The van der Waals surface area contributed by atoms with Gasteiger partial charge in [0, 0.05) is 24.5 Å². The van der Waals surface area contributed by atoms with E-state index in [9.17, 15) is 22.0 Å². The molecule has 0 bridgehead atoms. The first kappa shape index (κ1) is 30.2. The number of hydrogen-bond donors (Lipinski definition) is 1. The van der Waals surface area contributed by atoms with Crippen LogP contribution in [0.5, 0.6) is 0 Å². The number of carbonyl (C=O) groups is 1. The van der Waals surface area contributed by atoms with Gasteiger partial charge in [-0.25, -0.2) is 40.1 Å². The van der Waals surface area contributed by atoms with E-state index in [-0.39, 0.29) is 26.9 Å². The van der Waals surface area contributed by atoms with Crippen molar-refractivity contribution < 1.29 is 35.5 Å². The largest absolute Gasteiger partial charge is 0.440 e. The fraction of sp³-hybridized carbons (Fsp3) is 0.100. The average Bonchev–Trinajstić information content (AvgIpc) is 3.44. The highest BCUT2D eigenvalue weighted by molar-refractivity contribution is 7.92. The molecule has 14 heteroatoms. The van der Waals surface area contributed by atoms with Crippen LogP contribution in [0.15, 0.2) is 90.1 Å².